The van der Waals surface area contributed by atoms with Gasteiger partial charge in [-0.3, -0.25) is 0 Å². The zero-order valence-electron chi connectivity index (χ0n) is 6.28. The highest BCUT2D eigenvalue weighted by Gasteiger charge is 2.12. The van der Waals surface area contributed by atoms with E-state index in [1.807, 2.05) is 0 Å². The number of nitrogens with one attached hydrogen (secondary N) is 1. The van der Waals surface area contributed by atoms with Crippen molar-refractivity contribution >= 4 is 32.9 Å². The largest absolute Gasteiger partial charge is 0.476 e. The zero-order valence-corrected chi connectivity index (χ0v) is 7.87. The molecule has 0 bridgehead atoms. The number of aromatic amines is 1. The number of pyridine rings is 1. The summed E-state index contributed by atoms with van der Waals surface area (Å²) < 4.78 is 0.498. The third kappa shape index (κ3) is 1.29. The second-order valence-electron chi connectivity index (χ2n) is 2.39. The van der Waals surface area contributed by atoms with Crippen LogP contribution in [0, 0.1) is 0 Å². The van der Waals surface area contributed by atoms with Gasteiger partial charge in [-0.2, -0.15) is 0 Å². The van der Waals surface area contributed by atoms with Crippen molar-refractivity contribution in [1.82, 2.24) is 15.0 Å². The van der Waals surface area contributed by atoms with E-state index in [4.69, 9.17) is 5.11 Å². The van der Waals surface area contributed by atoms with Crippen LogP contribution in [-0.4, -0.2) is 26.0 Å². The lowest BCUT2D eigenvalue weighted by molar-refractivity contribution is 0.0692. The van der Waals surface area contributed by atoms with Gasteiger partial charge in [-0.15, -0.1) is 0 Å². The van der Waals surface area contributed by atoms with E-state index in [9.17, 15) is 4.79 Å². The van der Waals surface area contributed by atoms with E-state index in [0.29, 0.717) is 15.8 Å². The Labute approximate surface area is 80.9 Å². The number of carboxylic acids is 1. The van der Waals surface area contributed by atoms with Crippen LogP contribution in [-0.2, 0) is 0 Å². The van der Waals surface area contributed by atoms with Gasteiger partial charge in [-0.1, -0.05) is 0 Å². The number of hydrogen-bond donors (Lipinski definition) is 2. The van der Waals surface area contributed by atoms with Crippen LogP contribution >= 0.6 is 15.9 Å². The minimum atomic E-state index is -1.08. The lowest BCUT2D eigenvalue weighted by Gasteiger charge is -1.92. The van der Waals surface area contributed by atoms with Gasteiger partial charge < -0.3 is 10.1 Å². The Kier molecular flexibility index (Phi) is 1.77. The van der Waals surface area contributed by atoms with Crippen LogP contribution in [0.25, 0.3) is 11.0 Å². The Bertz CT molecular complexity index is 480. The molecule has 0 atom stereocenters. The van der Waals surface area contributed by atoms with Crippen molar-refractivity contribution in [2.24, 2.45) is 0 Å². The van der Waals surface area contributed by atoms with E-state index in [1.165, 1.54) is 6.20 Å². The molecule has 2 N–H and O–H groups in total. The van der Waals surface area contributed by atoms with Gasteiger partial charge in [-0.25, -0.2) is 14.8 Å². The number of hydrogen-bond acceptors (Lipinski definition) is 3. The summed E-state index contributed by atoms with van der Waals surface area (Å²) in [7, 11) is 0. The number of rotatable bonds is 1. The normalized spacial score (nSPS) is 10.5. The SMILES string of the molecule is O=C(O)c1nccc2[nH]c(Br)nc12. The molecule has 0 saturated carbocycles. The second-order valence-corrected chi connectivity index (χ2v) is 3.14. The maximum Gasteiger partial charge on any atom is 0.356 e. The van der Waals surface area contributed by atoms with Crippen LogP contribution in [0.2, 0.25) is 0 Å². The first-order chi connectivity index (χ1) is 6.18. The second kappa shape index (κ2) is 2.81. The van der Waals surface area contributed by atoms with Crippen molar-refractivity contribution in [1.29, 1.82) is 0 Å². The summed E-state index contributed by atoms with van der Waals surface area (Å²) in [5, 5.41) is 8.76. The highest BCUT2D eigenvalue weighted by atomic mass is 79.9. The zero-order chi connectivity index (χ0) is 9.42. The van der Waals surface area contributed by atoms with E-state index in [-0.39, 0.29) is 5.69 Å². The molecule has 2 aromatic heterocycles. The van der Waals surface area contributed by atoms with E-state index in [2.05, 4.69) is 30.9 Å². The first-order valence-corrected chi connectivity index (χ1v) is 4.21. The van der Waals surface area contributed by atoms with Gasteiger partial charge in [0.25, 0.3) is 0 Å². The Morgan fingerprint density at radius 1 is 1.62 bits per heavy atom. The molecule has 0 fully saturated rings. The molecule has 5 nitrogen and oxygen atoms in total. The molecule has 0 aliphatic heterocycles. The number of imidazole rings is 1. The summed E-state index contributed by atoms with van der Waals surface area (Å²) in [5.41, 5.74) is 0.973. The predicted molar refractivity (Wildman–Crippen MR) is 48.5 cm³/mol. The van der Waals surface area contributed by atoms with E-state index in [0.717, 1.165) is 0 Å². The van der Waals surface area contributed by atoms with Crippen molar-refractivity contribution in [3.63, 3.8) is 0 Å². The molecule has 6 heteroatoms. The van der Waals surface area contributed by atoms with Gasteiger partial charge in [0.15, 0.2) is 10.4 Å². The van der Waals surface area contributed by atoms with Gasteiger partial charge in [-0.05, 0) is 22.0 Å². The smallest absolute Gasteiger partial charge is 0.356 e. The number of carboxylic acid groups (broad SMARTS) is 1. The Hall–Kier alpha value is -1.43. The highest BCUT2D eigenvalue weighted by Crippen LogP contribution is 2.16. The Morgan fingerprint density at radius 2 is 2.38 bits per heavy atom. The van der Waals surface area contributed by atoms with Crippen molar-refractivity contribution < 1.29 is 9.90 Å². The van der Waals surface area contributed by atoms with Crippen LogP contribution in [0.5, 0.6) is 0 Å². The number of aromatic carboxylic acids is 1. The molecular weight excluding hydrogens is 238 g/mol. The summed E-state index contributed by atoms with van der Waals surface area (Å²) in [4.78, 5) is 21.2. The molecule has 66 valence electrons. The molecule has 0 unspecified atom stereocenters. The van der Waals surface area contributed by atoms with Crippen LogP contribution in [0.4, 0.5) is 0 Å². The fraction of sp³-hybridized carbons (Fsp3) is 0. The van der Waals surface area contributed by atoms with Crippen molar-refractivity contribution in [2.75, 3.05) is 0 Å². The topological polar surface area (TPSA) is 78.9 Å². The minimum Gasteiger partial charge on any atom is -0.476 e. The molecule has 0 aromatic carbocycles. The Morgan fingerprint density at radius 3 is 3.08 bits per heavy atom. The lowest BCUT2D eigenvalue weighted by Crippen LogP contribution is -2.00. The molecule has 0 amide bonds. The van der Waals surface area contributed by atoms with Gasteiger partial charge in [0, 0.05) is 6.20 Å². The molecule has 2 aromatic rings. The molecule has 0 radical (unpaired) electrons. The number of nitrogens with zero attached hydrogens (tertiary/aromatic N) is 2. The Balaban J connectivity index is 2.82. The number of fused-ring (bicyclic) bond motifs is 1. The molecule has 0 aliphatic rings. The van der Waals surface area contributed by atoms with Crippen LogP contribution in [0.15, 0.2) is 17.0 Å². The quantitative estimate of drug-likeness (QED) is 0.792. The monoisotopic (exact) mass is 241 g/mol. The standard InChI is InChI=1S/C7H4BrN3O2/c8-7-10-3-1-2-9-5(6(12)13)4(3)11-7/h1-2H,(H,10,11)(H,12,13). The lowest BCUT2D eigenvalue weighted by atomic mass is 10.3. The summed E-state index contributed by atoms with van der Waals surface area (Å²) in [6, 6.07) is 1.67. The van der Waals surface area contributed by atoms with Gasteiger partial charge in [0.05, 0.1) is 5.52 Å². The molecule has 0 aliphatic carbocycles. The summed E-state index contributed by atoms with van der Waals surface area (Å²) in [6.45, 7) is 0. The van der Waals surface area contributed by atoms with Crippen LogP contribution in [0.3, 0.4) is 0 Å². The molecular formula is C7H4BrN3O2. The molecule has 0 spiro atoms. The number of carbonyl (C=O) groups is 1. The summed E-state index contributed by atoms with van der Waals surface area (Å²) >= 11 is 3.12. The summed E-state index contributed by atoms with van der Waals surface area (Å²) in [6.07, 6.45) is 1.43. The van der Waals surface area contributed by atoms with Crippen molar-refractivity contribution in [2.45, 2.75) is 0 Å². The van der Waals surface area contributed by atoms with Crippen molar-refractivity contribution in [3.05, 3.63) is 22.7 Å². The van der Waals surface area contributed by atoms with Gasteiger partial charge in [0.1, 0.15) is 5.52 Å². The molecule has 2 rings (SSSR count). The molecule has 13 heavy (non-hydrogen) atoms. The predicted octanol–water partition coefficient (Wildman–Crippen LogP) is 1.42. The maximum absolute atomic E-state index is 10.7. The van der Waals surface area contributed by atoms with Crippen LogP contribution in [0.1, 0.15) is 10.5 Å². The van der Waals surface area contributed by atoms with Crippen LogP contribution < -0.4 is 0 Å². The third-order valence-electron chi connectivity index (χ3n) is 1.57. The molecule has 0 saturated heterocycles. The highest BCUT2D eigenvalue weighted by molar-refractivity contribution is 9.10. The average Bonchev–Trinajstić information content (AvgIpc) is 2.43. The van der Waals surface area contributed by atoms with Gasteiger partial charge >= 0.3 is 5.97 Å². The first kappa shape index (κ1) is 8.18. The number of H-pyrrole nitrogens is 1. The van der Waals surface area contributed by atoms with E-state index >= 15 is 0 Å². The maximum atomic E-state index is 10.7. The molecule has 2 heterocycles. The number of aromatic nitrogens is 3. The first-order valence-electron chi connectivity index (χ1n) is 3.42. The van der Waals surface area contributed by atoms with Crippen molar-refractivity contribution in [3.8, 4) is 0 Å². The van der Waals surface area contributed by atoms with E-state index in [1.54, 1.807) is 6.07 Å². The number of halogens is 1. The minimum absolute atomic E-state index is 0.0422. The fourth-order valence-corrected chi connectivity index (χ4v) is 1.45. The fourth-order valence-electron chi connectivity index (χ4n) is 1.06. The summed E-state index contributed by atoms with van der Waals surface area (Å²) in [5.74, 6) is -1.08. The van der Waals surface area contributed by atoms with E-state index < -0.39 is 5.97 Å². The average molecular weight is 242 g/mol. The van der Waals surface area contributed by atoms with Gasteiger partial charge in [0.2, 0.25) is 0 Å². The third-order valence-corrected chi connectivity index (χ3v) is 1.95.